The molecular formula is C12H20ClN5O3. The van der Waals surface area contributed by atoms with Gasteiger partial charge in [-0.25, -0.2) is 0 Å². The third-order valence-corrected chi connectivity index (χ3v) is 3.54. The summed E-state index contributed by atoms with van der Waals surface area (Å²) in [5.74, 6) is 0.457. The van der Waals surface area contributed by atoms with Crippen molar-refractivity contribution in [3.63, 3.8) is 0 Å². The molecule has 1 aromatic rings. The number of aromatic nitrogens is 2. The van der Waals surface area contributed by atoms with Crippen LogP contribution in [0, 0.1) is 17.0 Å². The molecule has 1 aliphatic heterocycles. The quantitative estimate of drug-likeness (QED) is 0.653. The summed E-state index contributed by atoms with van der Waals surface area (Å²) in [6, 6.07) is 0.189. The van der Waals surface area contributed by atoms with Crippen molar-refractivity contribution in [2.45, 2.75) is 32.9 Å². The van der Waals surface area contributed by atoms with Crippen LogP contribution in [0.25, 0.3) is 0 Å². The van der Waals surface area contributed by atoms with Crippen molar-refractivity contribution in [1.29, 1.82) is 0 Å². The van der Waals surface area contributed by atoms with Gasteiger partial charge < -0.3 is 24.9 Å². The Labute approximate surface area is 129 Å². The lowest BCUT2D eigenvalue weighted by Crippen LogP contribution is -2.52. The van der Waals surface area contributed by atoms with Gasteiger partial charge in [-0.1, -0.05) is 0 Å². The van der Waals surface area contributed by atoms with Gasteiger partial charge in [-0.05, 0) is 16.8 Å². The van der Waals surface area contributed by atoms with Crippen molar-refractivity contribution in [1.82, 2.24) is 19.8 Å². The maximum absolute atomic E-state index is 12.2. The fraction of sp³-hybridized carbons (Fsp3) is 0.667. The molecule has 8 nitrogen and oxygen atoms in total. The lowest BCUT2D eigenvalue weighted by molar-refractivity contribution is -0.389. The molecule has 0 aromatic carbocycles. The smallest absolute Gasteiger partial charge is 0.358 e. The maximum Gasteiger partial charge on any atom is 0.381 e. The lowest BCUT2D eigenvalue weighted by atomic mass is 10.2. The summed E-state index contributed by atoms with van der Waals surface area (Å²) in [5, 5.41) is 13.9. The van der Waals surface area contributed by atoms with Crippen LogP contribution in [-0.2, 0) is 11.3 Å². The van der Waals surface area contributed by atoms with E-state index in [0.717, 1.165) is 13.1 Å². The number of carbonyl (C=O) groups excluding carboxylic acids is 1. The van der Waals surface area contributed by atoms with Crippen LogP contribution in [0.3, 0.4) is 0 Å². The molecule has 21 heavy (non-hydrogen) atoms. The number of hydrogen-bond donors (Lipinski definition) is 1. The second-order valence-corrected chi connectivity index (χ2v) is 4.99. The zero-order valence-corrected chi connectivity index (χ0v) is 12.9. The van der Waals surface area contributed by atoms with Crippen molar-refractivity contribution in [3.8, 4) is 0 Å². The monoisotopic (exact) mass is 317 g/mol. The molecule has 2 rings (SSSR count). The molecule has 0 radical (unpaired) electrons. The zero-order chi connectivity index (χ0) is 14.7. The Balaban J connectivity index is 0.00000220. The zero-order valence-electron chi connectivity index (χ0n) is 12.1. The van der Waals surface area contributed by atoms with Crippen LogP contribution in [-0.4, -0.2) is 51.0 Å². The van der Waals surface area contributed by atoms with Crippen LogP contribution in [0.2, 0.25) is 0 Å². The number of nitrogens with one attached hydrogen (secondary N) is 1. The van der Waals surface area contributed by atoms with Crippen molar-refractivity contribution in [3.05, 3.63) is 22.1 Å². The molecule has 1 aromatic heterocycles. The predicted octanol–water partition coefficient (Wildman–Crippen LogP) is 0.732. The largest absolute Gasteiger partial charge is 0.381 e. The highest BCUT2D eigenvalue weighted by atomic mass is 35.5. The molecule has 0 bridgehead atoms. The van der Waals surface area contributed by atoms with Crippen LogP contribution < -0.4 is 5.32 Å². The number of carbonyl (C=O) groups is 1. The van der Waals surface area contributed by atoms with E-state index in [1.54, 1.807) is 11.5 Å². The number of nitro groups is 1. The number of rotatable bonds is 4. The van der Waals surface area contributed by atoms with Crippen LogP contribution >= 0.6 is 12.4 Å². The third-order valence-electron chi connectivity index (χ3n) is 3.54. The summed E-state index contributed by atoms with van der Waals surface area (Å²) >= 11 is 0. The number of imidazole rings is 1. The van der Waals surface area contributed by atoms with E-state index in [2.05, 4.69) is 10.3 Å². The van der Waals surface area contributed by atoms with Gasteiger partial charge >= 0.3 is 5.82 Å². The lowest BCUT2D eigenvalue weighted by Gasteiger charge is -2.34. The number of amides is 1. The fourth-order valence-electron chi connectivity index (χ4n) is 2.38. The molecule has 1 amide bonds. The van der Waals surface area contributed by atoms with Gasteiger partial charge in [-0.15, -0.1) is 12.4 Å². The van der Waals surface area contributed by atoms with Gasteiger partial charge in [0.2, 0.25) is 11.7 Å². The van der Waals surface area contributed by atoms with E-state index in [9.17, 15) is 14.9 Å². The second kappa shape index (κ2) is 7.37. The first kappa shape index (κ1) is 17.4. The topological polar surface area (TPSA) is 93.3 Å². The Morgan fingerprint density at radius 1 is 1.62 bits per heavy atom. The normalized spacial score (nSPS) is 18.2. The number of aryl methyl sites for hydroxylation is 2. The average molecular weight is 318 g/mol. The van der Waals surface area contributed by atoms with E-state index in [1.807, 2.05) is 11.8 Å². The van der Waals surface area contributed by atoms with Crippen molar-refractivity contribution >= 4 is 24.1 Å². The Morgan fingerprint density at radius 3 is 2.90 bits per heavy atom. The molecule has 2 heterocycles. The maximum atomic E-state index is 12.2. The number of piperazine rings is 1. The van der Waals surface area contributed by atoms with Crippen molar-refractivity contribution < 1.29 is 9.72 Å². The molecule has 1 saturated heterocycles. The SMILES string of the molecule is Cc1nc([N+](=O)[O-])cn1CCC(=O)N1CCNCC1C.Cl. The van der Waals surface area contributed by atoms with Crippen LogP contribution in [0.15, 0.2) is 6.20 Å². The summed E-state index contributed by atoms with van der Waals surface area (Å²) in [5.41, 5.74) is 0. The molecule has 1 unspecified atom stereocenters. The second-order valence-electron chi connectivity index (χ2n) is 4.99. The number of nitrogens with zero attached hydrogens (tertiary/aromatic N) is 4. The van der Waals surface area contributed by atoms with Crippen molar-refractivity contribution in [2.75, 3.05) is 19.6 Å². The van der Waals surface area contributed by atoms with Crippen LogP contribution in [0.4, 0.5) is 5.82 Å². The molecule has 118 valence electrons. The van der Waals surface area contributed by atoms with Gasteiger partial charge in [-0.3, -0.25) is 4.79 Å². The molecule has 0 spiro atoms. The molecule has 1 aliphatic rings. The number of halogens is 1. The summed E-state index contributed by atoms with van der Waals surface area (Å²) < 4.78 is 1.66. The van der Waals surface area contributed by atoms with E-state index < -0.39 is 4.92 Å². The Kier molecular flexibility index (Phi) is 6.10. The molecule has 9 heteroatoms. The van der Waals surface area contributed by atoms with Crippen LogP contribution in [0.5, 0.6) is 0 Å². The minimum atomic E-state index is -0.524. The summed E-state index contributed by atoms with van der Waals surface area (Å²) in [4.78, 5) is 28.0. The summed E-state index contributed by atoms with van der Waals surface area (Å²) in [7, 11) is 0. The highest BCUT2D eigenvalue weighted by Crippen LogP contribution is 2.12. The average Bonchev–Trinajstić information content (AvgIpc) is 2.78. The third kappa shape index (κ3) is 4.15. The first-order valence-electron chi connectivity index (χ1n) is 6.67. The van der Waals surface area contributed by atoms with E-state index in [-0.39, 0.29) is 30.2 Å². The van der Waals surface area contributed by atoms with Gasteiger partial charge in [0, 0.05) is 45.6 Å². The van der Waals surface area contributed by atoms with E-state index in [0.29, 0.717) is 25.3 Å². The number of hydrogen-bond acceptors (Lipinski definition) is 5. The Hall–Kier alpha value is -1.67. The predicted molar refractivity (Wildman–Crippen MR) is 79.5 cm³/mol. The van der Waals surface area contributed by atoms with E-state index >= 15 is 0 Å². The van der Waals surface area contributed by atoms with Gasteiger partial charge in [0.15, 0.2) is 0 Å². The Bertz CT molecular complexity index is 519. The van der Waals surface area contributed by atoms with Gasteiger partial charge in [0.25, 0.3) is 0 Å². The minimum Gasteiger partial charge on any atom is -0.358 e. The molecule has 1 atom stereocenters. The van der Waals surface area contributed by atoms with Gasteiger partial charge in [0.05, 0.1) is 0 Å². The molecule has 0 aliphatic carbocycles. The first-order valence-corrected chi connectivity index (χ1v) is 6.67. The summed E-state index contributed by atoms with van der Waals surface area (Å²) in [6.45, 7) is 6.46. The first-order chi connectivity index (χ1) is 9.49. The minimum absolute atomic E-state index is 0. The fourth-order valence-corrected chi connectivity index (χ4v) is 2.38. The summed E-state index contributed by atoms with van der Waals surface area (Å²) in [6.07, 6.45) is 1.71. The van der Waals surface area contributed by atoms with E-state index in [4.69, 9.17) is 0 Å². The highest BCUT2D eigenvalue weighted by Gasteiger charge is 2.23. The standard InChI is InChI=1S/C12H19N5O3.ClH/c1-9-7-13-4-6-16(9)12(18)3-5-15-8-11(17(19)20)14-10(15)2;/h8-9,13H,3-7H2,1-2H3;1H. The highest BCUT2D eigenvalue weighted by molar-refractivity contribution is 5.85. The molecular weight excluding hydrogens is 298 g/mol. The molecule has 0 saturated carbocycles. The molecule has 1 N–H and O–H groups in total. The van der Waals surface area contributed by atoms with Crippen LogP contribution in [0.1, 0.15) is 19.2 Å². The molecule has 1 fully saturated rings. The van der Waals surface area contributed by atoms with Gasteiger partial charge in [-0.2, -0.15) is 0 Å². The van der Waals surface area contributed by atoms with Gasteiger partial charge in [0.1, 0.15) is 6.20 Å². The Morgan fingerprint density at radius 2 is 2.33 bits per heavy atom. The van der Waals surface area contributed by atoms with Crippen molar-refractivity contribution in [2.24, 2.45) is 0 Å². The van der Waals surface area contributed by atoms with E-state index in [1.165, 1.54) is 6.20 Å².